The average molecular weight is 428 g/mol. The first-order valence-electron chi connectivity index (χ1n) is 9.92. The highest BCUT2D eigenvalue weighted by Gasteiger charge is 2.06. The largest absolute Gasteiger partial charge is 0.497 e. The number of carbonyl (C=O) groups is 2. The van der Waals surface area contributed by atoms with E-state index in [0.29, 0.717) is 11.4 Å². The van der Waals surface area contributed by atoms with Crippen molar-refractivity contribution in [2.75, 3.05) is 24.9 Å². The van der Waals surface area contributed by atoms with Crippen molar-refractivity contribution in [2.24, 2.45) is 0 Å². The lowest BCUT2D eigenvalue weighted by molar-refractivity contribution is -0.112. The zero-order valence-corrected chi connectivity index (χ0v) is 17.9. The SMILES string of the molecule is COc1ccc(/C=C/C(=O)Nc2ccccc2NC(=O)/C=C/c2ccc(OC)cc2)cc1. The number of ether oxygens (including phenoxy) is 2. The van der Waals surface area contributed by atoms with Crippen LogP contribution >= 0.6 is 0 Å². The predicted octanol–water partition coefficient (Wildman–Crippen LogP) is 5.01. The smallest absolute Gasteiger partial charge is 0.248 e. The highest BCUT2D eigenvalue weighted by Crippen LogP contribution is 2.21. The minimum Gasteiger partial charge on any atom is -0.497 e. The highest BCUT2D eigenvalue weighted by molar-refractivity contribution is 6.07. The number of methoxy groups -OCH3 is 2. The summed E-state index contributed by atoms with van der Waals surface area (Å²) in [6.07, 6.45) is 6.27. The second kappa shape index (κ2) is 11.2. The van der Waals surface area contributed by atoms with Crippen LogP contribution in [-0.2, 0) is 9.59 Å². The van der Waals surface area contributed by atoms with Gasteiger partial charge in [0.05, 0.1) is 25.6 Å². The van der Waals surface area contributed by atoms with Crippen LogP contribution in [-0.4, -0.2) is 26.0 Å². The molecule has 0 unspecified atom stereocenters. The van der Waals surface area contributed by atoms with Gasteiger partial charge in [-0.15, -0.1) is 0 Å². The summed E-state index contributed by atoms with van der Waals surface area (Å²) in [5.74, 6) is 0.877. The summed E-state index contributed by atoms with van der Waals surface area (Å²) in [6.45, 7) is 0. The highest BCUT2D eigenvalue weighted by atomic mass is 16.5. The lowest BCUT2D eigenvalue weighted by Crippen LogP contribution is -2.13. The standard InChI is InChI=1S/C26H24N2O4/c1-31-21-13-7-19(8-14-21)11-17-25(29)27-23-5-3-4-6-24(23)28-26(30)18-12-20-9-15-22(32-2)16-10-20/h3-18H,1-2H3,(H,27,29)(H,28,30)/b17-11+,18-12+. The van der Waals surface area contributed by atoms with Crippen LogP contribution in [0.5, 0.6) is 11.5 Å². The molecule has 2 amide bonds. The van der Waals surface area contributed by atoms with Gasteiger partial charge in [0.2, 0.25) is 11.8 Å². The number of hydrogen-bond donors (Lipinski definition) is 2. The molecule has 3 aromatic carbocycles. The fraction of sp³-hybridized carbons (Fsp3) is 0.0769. The topological polar surface area (TPSA) is 76.7 Å². The van der Waals surface area contributed by atoms with Crippen LogP contribution in [0.4, 0.5) is 11.4 Å². The van der Waals surface area contributed by atoms with E-state index < -0.39 is 0 Å². The maximum Gasteiger partial charge on any atom is 0.248 e. The molecule has 0 aliphatic carbocycles. The van der Waals surface area contributed by atoms with Crippen LogP contribution in [0, 0.1) is 0 Å². The van der Waals surface area contributed by atoms with Crippen LogP contribution in [0.25, 0.3) is 12.2 Å². The van der Waals surface area contributed by atoms with Crippen molar-refractivity contribution in [3.8, 4) is 11.5 Å². The summed E-state index contributed by atoms with van der Waals surface area (Å²) in [6, 6.07) is 21.7. The van der Waals surface area contributed by atoms with Crippen LogP contribution in [0.15, 0.2) is 84.9 Å². The molecule has 0 aliphatic heterocycles. The van der Waals surface area contributed by atoms with Crippen LogP contribution in [0.1, 0.15) is 11.1 Å². The summed E-state index contributed by atoms with van der Waals surface area (Å²) >= 11 is 0. The van der Waals surface area contributed by atoms with E-state index in [1.54, 1.807) is 50.6 Å². The first-order valence-corrected chi connectivity index (χ1v) is 9.92. The molecule has 0 spiro atoms. The van der Waals surface area contributed by atoms with Crippen molar-refractivity contribution in [3.05, 3.63) is 96.1 Å². The second-order valence-electron chi connectivity index (χ2n) is 6.74. The lowest BCUT2D eigenvalue weighted by atomic mass is 10.2. The first kappa shape index (κ1) is 22.4. The van der Waals surface area contributed by atoms with Gasteiger partial charge in [0.15, 0.2) is 0 Å². The number of hydrogen-bond acceptors (Lipinski definition) is 4. The maximum atomic E-state index is 12.4. The molecule has 0 aliphatic rings. The van der Waals surface area contributed by atoms with Crippen molar-refractivity contribution in [1.29, 1.82) is 0 Å². The van der Waals surface area contributed by atoms with Crippen molar-refractivity contribution >= 4 is 35.3 Å². The molecule has 0 saturated carbocycles. The Hall–Kier alpha value is -4.32. The number of para-hydroxylation sites is 2. The van der Waals surface area contributed by atoms with Gasteiger partial charge in [0.1, 0.15) is 11.5 Å². The van der Waals surface area contributed by atoms with Crippen molar-refractivity contribution in [3.63, 3.8) is 0 Å². The fourth-order valence-electron chi connectivity index (χ4n) is 2.82. The third-order valence-electron chi connectivity index (χ3n) is 4.53. The van der Waals surface area contributed by atoms with E-state index in [0.717, 1.165) is 22.6 Å². The van der Waals surface area contributed by atoms with Gasteiger partial charge in [-0.05, 0) is 59.7 Å². The molecule has 162 valence electrons. The Morgan fingerprint density at radius 1 is 0.625 bits per heavy atom. The van der Waals surface area contributed by atoms with Crippen LogP contribution in [0.3, 0.4) is 0 Å². The number of amides is 2. The van der Waals surface area contributed by atoms with Gasteiger partial charge >= 0.3 is 0 Å². The fourth-order valence-corrected chi connectivity index (χ4v) is 2.82. The average Bonchev–Trinajstić information content (AvgIpc) is 2.83. The molecule has 6 nitrogen and oxygen atoms in total. The molecule has 6 heteroatoms. The third kappa shape index (κ3) is 6.60. The van der Waals surface area contributed by atoms with Gasteiger partial charge in [-0.3, -0.25) is 9.59 Å². The van der Waals surface area contributed by atoms with E-state index in [-0.39, 0.29) is 11.8 Å². The number of anilines is 2. The summed E-state index contributed by atoms with van der Waals surface area (Å²) in [5, 5.41) is 5.58. The summed E-state index contributed by atoms with van der Waals surface area (Å²) in [4.78, 5) is 24.7. The summed E-state index contributed by atoms with van der Waals surface area (Å²) in [7, 11) is 3.20. The molecule has 32 heavy (non-hydrogen) atoms. The predicted molar refractivity (Wildman–Crippen MR) is 128 cm³/mol. The van der Waals surface area contributed by atoms with E-state index >= 15 is 0 Å². The van der Waals surface area contributed by atoms with Crippen LogP contribution in [0.2, 0.25) is 0 Å². The van der Waals surface area contributed by atoms with Crippen LogP contribution < -0.4 is 20.1 Å². The molecule has 0 radical (unpaired) electrons. The van der Waals surface area contributed by atoms with Gasteiger partial charge in [0, 0.05) is 12.2 Å². The Morgan fingerprint density at radius 3 is 1.34 bits per heavy atom. The number of nitrogens with one attached hydrogen (secondary N) is 2. The Balaban J connectivity index is 1.61. The van der Waals surface area contributed by atoms with E-state index in [9.17, 15) is 9.59 Å². The second-order valence-corrected chi connectivity index (χ2v) is 6.74. The Labute approximate surface area is 187 Å². The molecule has 3 aromatic rings. The first-order chi connectivity index (χ1) is 15.6. The van der Waals surface area contributed by atoms with E-state index in [1.807, 2.05) is 48.5 Å². The lowest BCUT2D eigenvalue weighted by Gasteiger charge is -2.10. The molecule has 0 saturated heterocycles. The van der Waals surface area contributed by atoms with Gasteiger partial charge in [-0.1, -0.05) is 36.4 Å². The maximum absolute atomic E-state index is 12.4. The van der Waals surface area contributed by atoms with E-state index in [2.05, 4.69) is 10.6 Å². The molecule has 0 aromatic heterocycles. The van der Waals surface area contributed by atoms with Crippen molar-refractivity contribution in [2.45, 2.75) is 0 Å². The van der Waals surface area contributed by atoms with E-state index in [1.165, 1.54) is 12.2 Å². The molecule has 0 atom stereocenters. The molecule has 0 bridgehead atoms. The molecule has 0 fully saturated rings. The molecule has 0 heterocycles. The Kier molecular flexibility index (Phi) is 7.81. The number of carbonyl (C=O) groups excluding carboxylic acids is 2. The minimum atomic E-state index is -0.309. The minimum absolute atomic E-state index is 0.309. The zero-order chi connectivity index (χ0) is 22.8. The Morgan fingerprint density at radius 2 is 1.00 bits per heavy atom. The van der Waals surface area contributed by atoms with E-state index in [4.69, 9.17) is 9.47 Å². The van der Waals surface area contributed by atoms with Crippen molar-refractivity contribution < 1.29 is 19.1 Å². The zero-order valence-electron chi connectivity index (χ0n) is 17.9. The molecular formula is C26H24N2O4. The quantitative estimate of drug-likeness (QED) is 0.495. The molecular weight excluding hydrogens is 404 g/mol. The summed E-state index contributed by atoms with van der Waals surface area (Å²) < 4.78 is 10.2. The summed E-state index contributed by atoms with van der Waals surface area (Å²) in [5.41, 5.74) is 2.74. The number of rotatable bonds is 8. The molecule has 2 N–H and O–H groups in total. The number of benzene rings is 3. The monoisotopic (exact) mass is 428 g/mol. The van der Waals surface area contributed by atoms with Gasteiger partial charge in [0.25, 0.3) is 0 Å². The molecule has 3 rings (SSSR count). The normalized spacial score (nSPS) is 10.8. The van der Waals surface area contributed by atoms with Gasteiger partial charge in [-0.2, -0.15) is 0 Å². The third-order valence-corrected chi connectivity index (χ3v) is 4.53. The van der Waals surface area contributed by atoms with Gasteiger partial charge in [-0.25, -0.2) is 0 Å². The van der Waals surface area contributed by atoms with Gasteiger partial charge < -0.3 is 20.1 Å². The van der Waals surface area contributed by atoms with Crippen molar-refractivity contribution in [1.82, 2.24) is 0 Å². The Bertz CT molecular complexity index is 1030.